The third kappa shape index (κ3) is 3.71. The highest BCUT2D eigenvalue weighted by atomic mass is 16.5. The van der Waals surface area contributed by atoms with Gasteiger partial charge in [0.2, 0.25) is 0 Å². The smallest absolute Gasteiger partial charge is 0.254 e. The predicted octanol–water partition coefficient (Wildman–Crippen LogP) is 2.87. The fourth-order valence-corrected chi connectivity index (χ4v) is 6.95. The highest BCUT2D eigenvalue weighted by molar-refractivity contribution is 6.09. The lowest BCUT2D eigenvalue weighted by Crippen LogP contribution is -2.72. The number of nitriles is 1. The van der Waals surface area contributed by atoms with Crippen LogP contribution in [-0.2, 0) is 10.3 Å². The molecule has 6 rings (SSSR count). The highest BCUT2D eigenvalue weighted by Gasteiger charge is 2.64. The van der Waals surface area contributed by atoms with Crippen molar-refractivity contribution in [2.24, 2.45) is 5.41 Å². The number of amides is 1. The van der Waals surface area contributed by atoms with E-state index >= 15 is 0 Å². The van der Waals surface area contributed by atoms with E-state index in [1.807, 2.05) is 37.3 Å². The number of nitrogens with one attached hydrogen (secondary N) is 1. The molecule has 0 aromatic heterocycles. The van der Waals surface area contributed by atoms with Crippen LogP contribution in [0.25, 0.3) is 0 Å². The molecule has 3 aliphatic heterocycles. The quantitative estimate of drug-likeness (QED) is 0.652. The Morgan fingerprint density at radius 3 is 2.51 bits per heavy atom. The van der Waals surface area contributed by atoms with Gasteiger partial charge < -0.3 is 19.7 Å². The number of nitrogens with zero attached hydrogens (tertiary/aromatic N) is 4. The number of fused-ring (bicyclic) bond motifs is 1. The molecule has 2 aromatic rings. The molecule has 0 radical (unpaired) electrons. The van der Waals surface area contributed by atoms with Crippen LogP contribution in [0.4, 0.5) is 5.69 Å². The Labute approximate surface area is 218 Å². The van der Waals surface area contributed by atoms with E-state index < -0.39 is 5.54 Å². The Morgan fingerprint density at radius 1 is 1.08 bits per heavy atom. The highest BCUT2D eigenvalue weighted by Crippen LogP contribution is 2.58. The maximum Gasteiger partial charge on any atom is 0.254 e. The van der Waals surface area contributed by atoms with Crippen molar-refractivity contribution >= 4 is 11.6 Å². The molecule has 1 amide bonds. The van der Waals surface area contributed by atoms with Crippen LogP contribution < -0.4 is 14.8 Å². The topological polar surface area (TPSA) is 81.1 Å². The molecule has 1 atom stereocenters. The maximum absolute atomic E-state index is 14.1. The van der Waals surface area contributed by atoms with Gasteiger partial charge in [-0.05, 0) is 68.6 Å². The summed E-state index contributed by atoms with van der Waals surface area (Å²) in [5, 5.41) is 12.8. The molecule has 8 nitrogen and oxygen atoms in total. The molecule has 194 valence electrons. The van der Waals surface area contributed by atoms with Gasteiger partial charge in [-0.15, -0.1) is 0 Å². The van der Waals surface area contributed by atoms with Crippen molar-refractivity contribution < 1.29 is 14.3 Å². The first-order valence-electron chi connectivity index (χ1n) is 13.3. The minimum Gasteiger partial charge on any atom is -0.497 e. The van der Waals surface area contributed by atoms with E-state index in [4.69, 9.17) is 9.47 Å². The fourth-order valence-electron chi connectivity index (χ4n) is 6.95. The Kier molecular flexibility index (Phi) is 5.90. The molecule has 1 spiro atoms. The summed E-state index contributed by atoms with van der Waals surface area (Å²) < 4.78 is 11.7. The van der Waals surface area contributed by atoms with Gasteiger partial charge in [0.15, 0.2) is 5.54 Å². The largest absolute Gasteiger partial charge is 0.497 e. The minimum atomic E-state index is -1.08. The maximum atomic E-state index is 14.1. The van der Waals surface area contributed by atoms with E-state index in [9.17, 15) is 10.1 Å². The first kappa shape index (κ1) is 24.2. The minimum absolute atomic E-state index is 0.100. The number of piperazine rings is 1. The fraction of sp³-hybridized carbons (Fsp3) is 0.517. The van der Waals surface area contributed by atoms with E-state index in [2.05, 4.69) is 33.1 Å². The lowest BCUT2D eigenvalue weighted by Gasteiger charge is -2.64. The predicted molar refractivity (Wildman–Crippen MR) is 141 cm³/mol. The van der Waals surface area contributed by atoms with Gasteiger partial charge in [0.05, 0.1) is 25.3 Å². The van der Waals surface area contributed by atoms with Crippen molar-refractivity contribution in [2.45, 2.75) is 31.3 Å². The molecule has 37 heavy (non-hydrogen) atoms. The number of methoxy groups -OCH3 is 1. The summed E-state index contributed by atoms with van der Waals surface area (Å²) in [6.07, 6.45) is 2.35. The molecular weight excluding hydrogens is 466 g/mol. The number of benzene rings is 2. The van der Waals surface area contributed by atoms with Gasteiger partial charge >= 0.3 is 0 Å². The van der Waals surface area contributed by atoms with Crippen molar-refractivity contribution in [1.29, 1.82) is 5.26 Å². The van der Waals surface area contributed by atoms with Gasteiger partial charge in [0.1, 0.15) is 11.5 Å². The van der Waals surface area contributed by atoms with E-state index in [0.29, 0.717) is 29.7 Å². The molecule has 0 bridgehead atoms. The Hall–Kier alpha value is -3.12. The third-order valence-corrected chi connectivity index (χ3v) is 8.91. The summed E-state index contributed by atoms with van der Waals surface area (Å²) in [7, 11) is 3.83. The SMILES string of the molecule is CCOc1ccc(OC)cc1C1(N2CC3(CC(N4CCN(C)CC4)C3)C2)C(=O)Nc2ccc(C#N)cc21. The molecule has 1 unspecified atom stereocenters. The number of rotatable bonds is 6. The monoisotopic (exact) mass is 501 g/mol. The first-order valence-corrected chi connectivity index (χ1v) is 13.3. The molecular formula is C29H35N5O3. The van der Waals surface area contributed by atoms with Gasteiger partial charge in [-0.25, -0.2) is 0 Å². The molecule has 2 aromatic carbocycles. The number of anilines is 1. The molecule has 3 fully saturated rings. The average Bonchev–Trinajstić information content (AvgIpc) is 3.15. The van der Waals surface area contributed by atoms with Crippen LogP contribution in [0.5, 0.6) is 11.5 Å². The third-order valence-electron chi connectivity index (χ3n) is 8.91. The van der Waals surface area contributed by atoms with Gasteiger partial charge in [-0.1, -0.05) is 0 Å². The Balaban J connectivity index is 1.37. The normalized spacial score (nSPS) is 25.6. The summed E-state index contributed by atoms with van der Waals surface area (Å²) in [5.74, 6) is 1.24. The average molecular weight is 502 g/mol. The molecule has 1 saturated carbocycles. The second kappa shape index (κ2) is 9.02. The van der Waals surface area contributed by atoms with Gasteiger partial charge in [0.25, 0.3) is 5.91 Å². The van der Waals surface area contributed by atoms with Gasteiger partial charge in [0, 0.05) is 62.1 Å². The van der Waals surface area contributed by atoms with Crippen molar-refractivity contribution in [3.63, 3.8) is 0 Å². The molecule has 1 N–H and O–H groups in total. The van der Waals surface area contributed by atoms with Crippen LogP contribution in [0.1, 0.15) is 36.5 Å². The van der Waals surface area contributed by atoms with Crippen LogP contribution in [0.3, 0.4) is 0 Å². The van der Waals surface area contributed by atoms with E-state index in [1.54, 1.807) is 13.2 Å². The Morgan fingerprint density at radius 2 is 1.84 bits per heavy atom. The number of hydrogen-bond donors (Lipinski definition) is 1. The van der Waals surface area contributed by atoms with Crippen molar-refractivity contribution in [3.05, 3.63) is 53.1 Å². The number of likely N-dealkylation sites (N-methyl/N-ethyl adjacent to an activating group) is 1. The van der Waals surface area contributed by atoms with Crippen molar-refractivity contribution in [3.8, 4) is 17.6 Å². The van der Waals surface area contributed by atoms with Crippen LogP contribution in [0.2, 0.25) is 0 Å². The summed E-state index contributed by atoms with van der Waals surface area (Å²) >= 11 is 0. The van der Waals surface area contributed by atoms with Crippen LogP contribution in [0, 0.1) is 16.7 Å². The molecule has 1 aliphatic carbocycles. The summed E-state index contributed by atoms with van der Waals surface area (Å²) in [6.45, 7) is 8.65. The number of hydrogen-bond acceptors (Lipinski definition) is 7. The zero-order chi connectivity index (χ0) is 25.8. The van der Waals surface area contributed by atoms with E-state index in [1.165, 1.54) is 12.8 Å². The summed E-state index contributed by atoms with van der Waals surface area (Å²) in [5.41, 5.74) is 2.03. The summed E-state index contributed by atoms with van der Waals surface area (Å²) in [4.78, 5) is 21.4. The second-order valence-corrected chi connectivity index (χ2v) is 11.1. The molecule has 2 saturated heterocycles. The summed E-state index contributed by atoms with van der Waals surface area (Å²) in [6, 6.07) is 14.0. The first-order chi connectivity index (χ1) is 17.9. The zero-order valence-corrected chi connectivity index (χ0v) is 21.9. The second-order valence-electron chi connectivity index (χ2n) is 11.1. The number of carbonyl (C=O) groups excluding carboxylic acids is 1. The number of carbonyl (C=O) groups is 1. The van der Waals surface area contributed by atoms with Crippen LogP contribution >= 0.6 is 0 Å². The molecule has 8 heteroatoms. The number of likely N-dealkylation sites (tertiary alicyclic amines) is 1. The standard InChI is InChI=1S/C29H35N5O3/c1-4-37-26-8-6-22(36-3)14-24(26)29(23-13-20(17-30)5-7-25(23)31-27(29)35)34-18-28(19-34)15-21(16-28)33-11-9-32(2)10-12-33/h5-8,13-14,21H,4,9-12,15-16,18-19H2,1-3H3,(H,31,35). The zero-order valence-electron chi connectivity index (χ0n) is 21.9. The van der Waals surface area contributed by atoms with Crippen molar-refractivity contribution in [1.82, 2.24) is 14.7 Å². The van der Waals surface area contributed by atoms with Crippen molar-refractivity contribution in [2.75, 3.05) is 65.3 Å². The van der Waals surface area contributed by atoms with Gasteiger partial charge in [-0.2, -0.15) is 5.26 Å². The number of ether oxygens (including phenoxy) is 2. The molecule has 3 heterocycles. The lowest BCUT2D eigenvalue weighted by atomic mass is 9.58. The lowest BCUT2D eigenvalue weighted by molar-refractivity contribution is -0.158. The molecule has 4 aliphatic rings. The van der Waals surface area contributed by atoms with E-state index in [-0.39, 0.29) is 11.3 Å². The van der Waals surface area contributed by atoms with Crippen LogP contribution in [-0.4, -0.2) is 86.7 Å². The van der Waals surface area contributed by atoms with E-state index in [0.717, 1.165) is 56.1 Å². The Bertz CT molecular complexity index is 1250. The van der Waals surface area contributed by atoms with Crippen LogP contribution in [0.15, 0.2) is 36.4 Å². The van der Waals surface area contributed by atoms with Gasteiger partial charge in [-0.3, -0.25) is 14.6 Å².